The quantitative estimate of drug-likeness (QED) is 0.774. The Morgan fingerprint density at radius 1 is 1.38 bits per heavy atom. The van der Waals surface area contributed by atoms with E-state index >= 15 is 0 Å². The van der Waals surface area contributed by atoms with Crippen LogP contribution < -0.4 is 0 Å². The summed E-state index contributed by atoms with van der Waals surface area (Å²) in [6, 6.07) is 9.85. The second kappa shape index (κ2) is 7.81. The zero-order chi connectivity index (χ0) is 16.9. The fourth-order valence-corrected chi connectivity index (χ4v) is 3.14. The van der Waals surface area contributed by atoms with E-state index < -0.39 is 5.97 Å². The number of rotatable bonds is 5. The number of hydrogen-bond acceptors (Lipinski definition) is 4. The number of ether oxygens (including phenoxy) is 2. The summed E-state index contributed by atoms with van der Waals surface area (Å²) in [5, 5.41) is 4.68. The third kappa shape index (κ3) is 3.97. The van der Waals surface area contributed by atoms with Crippen LogP contribution in [0.25, 0.3) is 0 Å². The molecule has 2 aromatic rings. The number of carbonyl (C=O) groups is 1. The van der Waals surface area contributed by atoms with Gasteiger partial charge in [0.25, 0.3) is 0 Å². The van der Waals surface area contributed by atoms with Crippen molar-refractivity contribution in [1.29, 1.82) is 0 Å². The molecule has 6 heteroatoms. The summed E-state index contributed by atoms with van der Waals surface area (Å²) in [6.45, 7) is 3.27. The second-order valence-electron chi connectivity index (χ2n) is 5.98. The summed E-state index contributed by atoms with van der Waals surface area (Å²) in [6.07, 6.45) is 3.09. The fourth-order valence-electron chi connectivity index (χ4n) is 2.83. The highest BCUT2D eigenvalue weighted by atomic mass is 35.5. The molecule has 5 nitrogen and oxygen atoms in total. The molecule has 0 amide bonds. The standard InChI is InChI=1S/C18H21ClN2O3/c1-13-16(18(22)24-12-15-9-5-6-10-23-15)17(19)21(20-13)11-14-7-3-2-4-8-14/h2-4,7-8,15H,5-6,9-12H2,1H3. The minimum atomic E-state index is -0.439. The van der Waals surface area contributed by atoms with Gasteiger partial charge in [0, 0.05) is 6.61 Å². The Morgan fingerprint density at radius 2 is 2.17 bits per heavy atom. The molecule has 0 saturated carbocycles. The number of nitrogens with zero attached hydrogens (tertiary/aromatic N) is 2. The van der Waals surface area contributed by atoms with E-state index in [1.807, 2.05) is 30.3 Å². The molecule has 1 aliphatic rings. The van der Waals surface area contributed by atoms with Gasteiger partial charge >= 0.3 is 5.97 Å². The van der Waals surface area contributed by atoms with Crippen molar-refractivity contribution < 1.29 is 14.3 Å². The van der Waals surface area contributed by atoms with E-state index in [0.717, 1.165) is 31.4 Å². The van der Waals surface area contributed by atoms with Gasteiger partial charge < -0.3 is 9.47 Å². The van der Waals surface area contributed by atoms with Gasteiger partial charge in [-0.25, -0.2) is 9.48 Å². The van der Waals surface area contributed by atoms with Crippen molar-refractivity contribution in [2.45, 2.75) is 38.8 Å². The Balaban J connectivity index is 1.67. The molecule has 1 atom stereocenters. The average molecular weight is 349 g/mol. The molecular formula is C18H21ClN2O3. The second-order valence-corrected chi connectivity index (χ2v) is 6.34. The zero-order valence-corrected chi connectivity index (χ0v) is 14.5. The van der Waals surface area contributed by atoms with Gasteiger partial charge in [-0.3, -0.25) is 0 Å². The first kappa shape index (κ1) is 17.0. The third-order valence-electron chi connectivity index (χ3n) is 4.12. The number of benzene rings is 1. The third-order valence-corrected chi connectivity index (χ3v) is 4.50. The minimum Gasteiger partial charge on any atom is -0.459 e. The maximum absolute atomic E-state index is 12.4. The maximum Gasteiger partial charge on any atom is 0.343 e. The number of carbonyl (C=O) groups excluding carboxylic acids is 1. The van der Waals surface area contributed by atoms with Gasteiger partial charge in [-0.05, 0) is 31.7 Å². The highest BCUT2D eigenvalue weighted by Crippen LogP contribution is 2.22. The SMILES string of the molecule is Cc1nn(Cc2ccccc2)c(Cl)c1C(=O)OCC1CCCCO1. The monoisotopic (exact) mass is 348 g/mol. The number of halogens is 1. The molecule has 1 unspecified atom stereocenters. The Morgan fingerprint density at radius 3 is 2.88 bits per heavy atom. The maximum atomic E-state index is 12.4. The Bertz CT molecular complexity index is 694. The first-order chi connectivity index (χ1) is 11.6. The summed E-state index contributed by atoms with van der Waals surface area (Å²) >= 11 is 6.36. The molecular weight excluding hydrogens is 328 g/mol. The van der Waals surface area contributed by atoms with Crippen LogP contribution in [0.3, 0.4) is 0 Å². The summed E-state index contributed by atoms with van der Waals surface area (Å²) in [4.78, 5) is 12.4. The van der Waals surface area contributed by atoms with Crippen LogP contribution >= 0.6 is 11.6 Å². The van der Waals surface area contributed by atoms with Gasteiger partial charge in [-0.15, -0.1) is 0 Å². The molecule has 2 heterocycles. The van der Waals surface area contributed by atoms with E-state index in [4.69, 9.17) is 21.1 Å². The Labute approximate surface area is 146 Å². The first-order valence-electron chi connectivity index (χ1n) is 8.20. The van der Waals surface area contributed by atoms with Crippen LogP contribution in [0.5, 0.6) is 0 Å². The highest BCUT2D eigenvalue weighted by molar-refractivity contribution is 6.32. The van der Waals surface area contributed by atoms with Crippen LogP contribution in [0.4, 0.5) is 0 Å². The average Bonchev–Trinajstić information content (AvgIpc) is 2.88. The smallest absolute Gasteiger partial charge is 0.343 e. The molecule has 1 fully saturated rings. The van der Waals surface area contributed by atoms with Gasteiger partial charge in [-0.2, -0.15) is 5.10 Å². The molecule has 1 aliphatic heterocycles. The van der Waals surface area contributed by atoms with E-state index in [2.05, 4.69) is 5.10 Å². The van der Waals surface area contributed by atoms with E-state index in [9.17, 15) is 4.79 Å². The van der Waals surface area contributed by atoms with Crippen LogP contribution in [0.15, 0.2) is 30.3 Å². The van der Waals surface area contributed by atoms with E-state index in [1.165, 1.54) is 0 Å². The van der Waals surface area contributed by atoms with Crippen molar-refractivity contribution in [3.8, 4) is 0 Å². The molecule has 24 heavy (non-hydrogen) atoms. The summed E-state index contributed by atoms with van der Waals surface area (Å²) in [5.41, 5.74) is 1.98. The van der Waals surface area contributed by atoms with Crippen LogP contribution in [-0.4, -0.2) is 35.1 Å². The molecule has 0 spiro atoms. The number of hydrogen-bond donors (Lipinski definition) is 0. The molecule has 128 valence electrons. The number of esters is 1. The van der Waals surface area contributed by atoms with Crippen LogP contribution in [-0.2, 0) is 16.0 Å². The Kier molecular flexibility index (Phi) is 5.53. The predicted octanol–water partition coefficient (Wildman–Crippen LogP) is 3.62. The zero-order valence-electron chi connectivity index (χ0n) is 13.7. The largest absolute Gasteiger partial charge is 0.459 e. The molecule has 1 saturated heterocycles. The molecule has 0 N–H and O–H groups in total. The molecule has 1 aromatic heterocycles. The molecule has 0 radical (unpaired) electrons. The normalized spacial score (nSPS) is 17.7. The van der Waals surface area contributed by atoms with Crippen molar-refractivity contribution in [2.24, 2.45) is 0 Å². The van der Waals surface area contributed by atoms with Gasteiger partial charge in [0.2, 0.25) is 0 Å². The van der Waals surface area contributed by atoms with Crippen LogP contribution in [0.1, 0.15) is 40.9 Å². The van der Waals surface area contributed by atoms with Crippen LogP contribution in [0, 0.1) is 6.92 Å². The summed E-state index contributed by atoms with van der Waals surface area (Å²) < 4.78 is 12.6. The Hall–Kier alpha value is -1.85. The summed E-state index contributed by atoms with van der Waals surface area (Å²) in [7, 11) is 0. The molecule has 0 bridgehead atoms. The highest BCUT2D eigenvalue weighted by Gasteiger charge is 2.23. The van der Waals surface area contributed by atoms with E-state index in [0.29, 0.717) is 23.0 Å². The fraction of sp³-hybridized carbons (Fsp3) is 0.444. The number of aryl methyl sites for hydroxylation is 1. The topological polar surface area (TPSA) is 53.4 Å². The lowest BCUT2D eigenvalue weighted by Gasteiger charge is -2.22. The van der Waals surface area contributed by atoms with Crippen LogP contribution in [0.2, 0.25) is 5.15 Å². The van der Waals surface area contributed by atoms with Crippen molar-refractivity contribution in [2.75, 3.05) is 13.2 Å². The van der Waals surface area contributed by atoms with E-state index in [-0.39, 0.29) is 12.7 Å². The van der Waals surface area contributed by atoms with Gasteiger partial charge in [0.05, 0.1) is 18.3 Å². The molecule has 1 aromatic carbocycles. The minimum absolute atomic E-state index is 0.0128. The molecule has 0 aliphatic carbocycles. The lowest BCUT2D eigenvalue weighted by molar-refractivity contribution is -0.0300. The van der Waals surface area contributed by atoms with Gasteiger partial charge in [0.15, 0.2) is 0 Å². The number of aromatic nitrogens is 2. The predicted molar refractivity (Wildman–Crippen MR) is 91.4 cm³/mol. The van der Waals surface area contributed by atoms with Gasteiger partial charge in [-0.1, -0.05) is 41.9 Å². The van der Waals surface area contributed by atoms with Gasteiger partial charge in [0.1, 0.15) is 17.3 Å². The molecule has 3 rings (SSSR count). The van der Waals surface area contributed by atoms with Crippen molar-refractivity contribution in [3.63, 3.8) is 0 Å². The van der Waals surface area contributed by atoms with Crippen molar-refractivity contribution in [1.82, 2.24) is 9.78 Å². The van der Waals surface area contributed by atoms with E-state index in [1.54, 1.807) is 11.6 Å². The van der Waals surface area contributed by atoms with Crippen molar-refractivity contribution in [3.05, 3.63) is 52.3 Å². The summed E-state index contributed by atoms with van der Waals surface area (Å²) in [5.74, 6) is -0.439. The first-order valence-corrected chi connectivity index (χ1v) is 8.58. The lowest BCUT2D eigenvalue weighted by Crippen LogP contribution is -2.26. The van der Waals surface area contributed by atoms with Crippen molar-refractivity contribution >= 4 is 17.6 Å². The lowest BCUT2D eigenvalue weighted by atomic mass is 10.1.